The maximum absolute atomic E-state index is 13.1. The summed E-state index contributed by atoms with van der Waals surface area (Å²) in [6, 6.07) is 9.77. The highest BCUT2D eigenvalue weighted by molar-refractivity contribution is 7.89. The molecule has 1 aliphatic heterocycles. The number of nitrogens with zero attached hydrogens (tertiary/aromatic N) is 4. The summed E-state index contributed by atoms with van der Waals surface area (Å²) in [5.41, 5.74) is 1.81. The fourth-order valence-corrected chi connectivity index (χ4v) is 5.66. The van der Waals surface area contributed by atoms with Gasteiger partial charge in [0.25, 0.3) is 10.0 Å². The van der Waals surface area contributed by atoms with Crippen LogP contribution in [0.1, 0.15) is 17.0 Å². The molecule has 0 saturated carbocycles. The van der Waals surface area contributed by atoms with Gasteiger partial charge in [-0.3, -0.25) is 4.98 Å². The molecule has 0 bridgehead atoms. The van der Waals surface area contributed by atoms with E-state index < -0.39 is 10.0 Å². The lowest BCUT2D eigenvalue weighted by Gasteiger charge is -2.21. The lowest BCUT2D eigenvalue weighted by atomic mass is 9.94. The zero-order valence-corrected chi connectivity index (χ0v) is 18.6. The molecule has 0 amide bonds. The summed E-state index contributed by atoms with van der Waals surface area (Å²) in [5.74, 6) is -0.0240. The van der Waals surface area contributed by atoms with E-state index in [1.807, 2.05) is 30.3 Å². The lowest BCUT2D eigenvalue weighted by Crippen LogP contribution is -2.36. The Balaban J connectivity index is 1.60. The minimum Gasteiger partial charge on any atom is -0.339 e. The summed E-state index contributed by atoms with van der Waals surface area (Å²) in [4.78, 5) is 8.02. The standard InChI is InChI=1S/C20H21Cl2N5O2S/c1-26-12-20(25-13-26)30(28,29)27-10-16(14-5-3-2-4-6-14)19(11-27)24-7-15-17(21)8-23-9-18(15)22/h2-6,8-9,12-13,16,19,24H,7,10-11H2,1H3. The molecular weight excluding hydrogens is 445 g/mol. The lowest BCUT2D eigenvalue weighted by molar-refractivity contribution is 0.454. The van der Waals surface area contributed by atoms with E-state index in [0.29, 0.717) is 29.7 Å². The van der Waals surface area contributed by atoms with Gasteiger partial charge in [-0.1, -0.05) is 53.5 Å². The van der Waals surface area contributed by atoms with Crippen molar-refractivity contribution in [2.24, 2.45) is 7.05 Å². The fourth-order valence-electron chi connectivity index (χ4n) is 3.70. The van der Waals surface area contributed by atoms with Crippen molar-refractivity contribution < 1.29 is 8.42 Å². The molecule has 158 valence electrons. The summed E-state index contributed by atoms with van der Waals surface area (Å²) in [7, 11) is -1.95. The van der Waals surface area contributed by atoms with Crippen LogP contribution in [0.4, 0.5) is 0 Å². The van der Waals surface area contributed by atoms with E-state index in [-0.39, 0.29) is 17.0 Å². The van der Waals surface area contributed by atoms with Crippen LogP contribution in [0.15, 0.2) is 60.3 Å². The molecule has 1 aliphatic rings. The third-order valence-corrected chi connectivity index (χ3v) is 7.66. The number of rotatable bonds is 6. The Morgan fingerprint density at radius 3 is 2.47 bits per heavy atom. The maximum atomic E-state index is 13.1. The second-order valence-electron chi connectivity index (χ2n) is 7.29. The van der Waals surface area contributed by atoms with E-state index in [2.05, 4.69) is 15.3 Å². The molecule has 1 N–H and O–H groups in total. The zero-order chi connectivity index (χ0) is 21.3. The Kier molecular flexibility index (Phi) is 6.13. The molecule has 2 aromatic heterocycles. The molecule has 3 heterocycles. The highest BCUT2D eigenvalue weighted by atomic mass is 35.5. The first-order valence-corrected chi connectivity index (χ1v) is 11.6. The van der Waals surface area contributed by atoms with Gasteiger partial charge in [0.1, 0.15) is 0 Å². The minimum atomic E-state index is -3.69. The van der Waals surface area contributed by atoms with Crippen LogP contribution in [0.3, 0.4) is 0 Å². The number of aryl methyl sites for hydroxylation is 1. The molecule has 0 radical (unpaired) electrons. The summed E-state index contributed by atoms with van der Waals surface area (Å²) >= 11 is 12.5. The quantitative estimate of drug-likeness (QED) is 0.604. The Bertz CT molecular complexity index is 1120. The second-order valence-corrected chi connectivity index (χ2v) is 9.98. The average molecular weight is 466 g/mol. The summed E-state index contributed by atoms with van der Waals surface area (Å²) in [6.07, 6.45) is 6.10. The number of imidazole rings is 1. The SMILES string of the molecule is Cn1cnc(S(=O)(=O)N2CC(NCc3c(Cl)cncc3Cl)C(c3ccccc3)C2)c1. The van der Waals surface area contributed by atoms with Gasteiger partial charge >= 0.3 is 0 Å². The number of halogens is 2. The van der Waals surface area contributed by atoms with Crippen molar-refractivity contribution in [3.05, 3.63) is 76.4 Å². The number of benzene rings is 1. The van der Waals surface area contributed by atoms with Crippen LogP contribution in [0, 0.1) is 0 Å². The van der Waals surface area contributed by atoms with E-state index in [0.717, 1.165) is 11.1 Å². The Morgan fingerprint density at radius 1 is 1.13 bits per heavy atom. The number of hydrogen-bond acceptors (Lipinski definition) is 5. The first-order valence-electron chi connectivity index (χ1n) is 9.40. The number of pyridine rings is 1. The van der Waals surface area contributed by atoms with Crippen molar-refractivity contribution in [3.8, 4) is 0 Å². The predicted octanol–water partition coefficient (Wildman–Crippen LogP) is 3.07. The molecule has 0 aliphatic carbocycles. The molecule has 10 heteroatoms. The Morgan fingerprint density at radius 2 is 1.83 bits per heavy atom. The Labute approximate surface area is 185 Å². The van der Waals surface area contributed by atoms with E-state index in [1.54, 1.807) is 24.0 Å². The van der Waals surface area contributed by atoms with Crippen LogP contribution in [0.5, 0.6) is 0 Å². The average Bonchev–Trinajstić information content (AvgIpc) is 3.36. The third kappa shape index (κ3) is 4.24. The number of hydrogen-bond donors (Lipinski definition) is 1. The number of sulfonamides is 1. The van der Waals surface area contributed by atoms with Crippen LogP contribution < -0.4 is 5.32 Å². The van der Waals surface area contributed by atoms with Crippen molar-refractivity contribution in [2.45, 2.75) is 23.5 Å². The largest absolute Gasteiger partial charge is 0.339 e. The van der Waals surface area contributed by atoms with Gasteiger partial charge in [0.15, 0.2) is 5.03 Å². The summed E-state index contributed by atoms with van der Waals surface area (Å²) in [6.45, 7) is 1.09. The molecular formula is C20H21Cl2N5O2S. The van der Waals surface area contributed by atoms with Gasteiger partial charge in [-0.2, -0.15) is 4.31 Å². The van der Waals surface area contributed by atoms with Crippen LogP contribution in [0.2, 0.25) is 10.0 Å². The highest BCUT2D eigenvalue weighted by Crippen LogP contribution is 2.32. The molecule has 1 saturated heterocycles. The molecule has 0 spiro atoms. The topological polar surface area (TPSA) is 80.1 Å². The van der Waals surface area contributed by atoms with Crippen molar-refractivity contribution in [1.29, 1.82) is 0 Å². The minimum absolute atomic E-state index is 0.0240. The van der Waals surface area contributed by atoms with E-state index in [9.17, 15) is 8.42 Å². The number of nitrogens with one attached hydrogen (secondary N) is 1. The molecule has 30 heavy (non-hydrogen) atoms. The maximum Gasteiger partial charge on any atom is 0.262 e. The van der Waals surface area contributed by atoms with E-state index >= 15 is 0 Å². The van der Waals surface area contributed by atoms with Crippen LogP contribution in [-0.2, 0) is 23.6 Å². The molecule has 2 unspecified atom stereocenters. The molecule has 1 fully saturated rings. The van der Waals surface area contributed by atoms with Gasteiger partial charge in [-0.15, -0.1) is 0 Å². The van der Waals surface area contributed by atoms with Gasteiger partial charge in [0.2, 0.25) is 0 Å². The van der Waals surface area contributed by atoms with Crippen LogP contribution in [0.25, 0.3) is 0 Å². The highest BCUT2D eigenvalue weighted by Gasteiger charge is 2.40. The van der Waals surface area contributed by atoms with Gasteiger partial charge < -0.3 is 9.88 Å². The fraction of sp³-hybridized carbons (Fsp3) is 0.300. The van der Waals surface area contributed by atoms with E-state index in [1.165, 1.54) is 16.8 Å². The predicted molar refractivity (Wildman–Crippen MR) is 116 cm³/mol. The molecule has 2 atom stereocenters. The third-order valence-electron chi connectivity index (χ3n) is 5.29. The van der Waals surface area contributed by atoms with Gasteiger partial charge in [-0.25, -0.2) is 13.4 Å². The van der Waals surface area contributed by atoms with Crippen molar-refractivity contribution in [1.82, 2.24) is 24.2 Å². The van der Waals surface area contributed by atoms with Gasteiger partial charge in [-0.05, 0) is 5.56 Å². The van der Waals surface area contributed by atoms with Gasteiger partial charge in [0, 0.05) is 62.8 Å². The number of aromatic nitrogens is 3. The summed E-state index contributed by atoms with van der Waals surface area (Å²) < 4.78 is 29.4. The zero-order valence-electron chi connectivity index (χ0n) is 16.2. The molecule has 4 rings (SSSR count). The Hall–Kier alpha value is -1.97. The molecule has 3 aromatic rings. The smallest absolute Gasteiger partial charge is 0.262 e. The summed E-state index contributed by atoms with van der Waals surface area (Å²) in [5, 5.41) is 4.46. The van der Waals surface area contributed by atoms with Crippen LogP contribution >= 0.6 is 23.2 Å². The van der Waals surface area contributed by atoms with Crippen LogP contribution in [-0.4, -0.2) is 46.4 Å². The first-order chi connectivity index (χ1) is 14.4. The van der Waals surface area contributed by atoms with E-state index in [4.69, 9.17) is 23.2 Å². The van der Waals surface area contributed by atoms with Crippen molar-refractivity contribution >= 4 is 33.2 Å². The second kappa shape index (κ2) is 8.64. The van der Waals surface area contributed by atoms with Crippen molar-refractivity contribution in [2.75, 3.05) is 13.1 Å². The monoisotopic (exact) mass is 465 g/mol. The molecule has 1 aromatic carbocycles. The normalized spacial score (nSPS) is 20.0. The van der Waals surface area contributed by atoms with Gasteiger partial charge in [0.05, 0.1) is 16.4 Å². The van der Waals surface area contributed by atoms with Crippen molar-refractivity contribution in [3.63, 3.8) is 0 Å². The molecule has 7 nitrogen and oxygen atoms in total. The first kappa shape index (κ1) is 21.3.